The largest absolute Gasteiger partial charge is 0.416 e. The van der Waals surface area contributed by atoms with Crippen LogP contribution < -0.4 is 5.32 Å². The first-order chi connectivity index (χ1) is 11.5. The van der Waals surface area contributed by atoms with Crippen molar-refractivity contribution in [3.8, 4) is 0 Å². The van der Waals surface area contributed by atoms with Gasteiger partial charge in [-0.15, -0.1) is 0 Å². The summed E-state index contributed by atoms with van der Waals surface area (Å²) in [5.41, 5.74) is -3.49. The molecule has 1 amide bonds. The van der Waals surface area contributed by atoms with Gasteiger partial charge in [0.25, 0.3) is 5.91 Å². The van der Waals surface area contributed by atoms with Crippen LogP contribution in [0, 0.1) is 5.41 Å². The van der Waals surface area contributed by atoms with E-state index in [1.54, 1.807) is 0 Å². The highest BCUT2D eigenvalue weighted by Gasteiger charge is 2.61. The van der Waals surface area contributed by atoms with E-state index < -0.39 is 34.8 Å². The predicted molar refractivity (Wildman–Crippen MR) is 77.8 cm³/mol. The Bertz CT molecular complexity index is 654. The molecule has 138 valence electrons. The first-order valence-corrected chi connectivity index (χ1v) is 8.03. The molecular formula is C17H17F6NO. The van der Waals surface area contributed by atoms with Crippen LogP contribution in [0.25, 0.3) is 0 Å². The lowest BCUT2D eigenvalue weighted by Crippen LogP contribution is -2.59. The summed E-state index contributed by atoms with van der Waals surface area (Å²) in [7, 11) is 0. The predicted octanol–water partition coefficient (Wildman–Crippen LogP) is 5.09. The third-order valence-electron chi connectivity index (χ3n) is 5.68. The fraction of sp³-hybridized carbons (Fsp3) is 0.588. The van der Waals surface area contributed by atoms with E-state index >= 15 is 0 Å². The summed E-state index contributed by atoms with van der Waals surface area (Å²) in [6.45, 7) is 0. The van der Waals surface area contributed by atoms with Crippen molar-refractivity contribution in [1.29, 1.82) is 0 Å². The molecule has 25 heavy (non-hydrogen) atoms. The van der Waals surface area contributed by atoms with Crippen molar-refractivity contribution in [2.45, 2.75) is 56.4 Å². The fourth-order valence-corrected chi connectivity index (χ4v) is 3.95. The Kier molecular flexibility index (Phi) is 4.08. The first-order valence-electron chi connectivity index (χ1n) is 8.03. The molecule has 0 aromatic heterocycles. The highest BCUT2D eigenvalue weighted by molar-refractivity contribution is 5.95. The summed E-state index contributed by atoms with van der Waals surface area (Å²) < 4.78 is 78.0. The summed E-state index contributed by atoms with van der Waals surface area (Å²) >= 11 is 0. The van der Waals surface area contributed by atoms with Gasteiger partial charge in [-0.05, 0) is 56.7 Å². The number of alkyl halides is 6. The van der Waals surface area contributed by atoms with Crippen molar-refractivity contribution < 1.29 is 31.1 Å². The standard InChI is InChI=1S/C17H17F6NO/c18-16(19,20)12-3-1-2-11(10-12)13(25)24-15-7-4-14(5-8-15,6-9-15)17(21,22)23/h1-3,10H,4-9H2,(H,24,25). The zero-order valence-electron chi connectivity index (χ0n) is 13.2. The highest BCUT2D eigenvalue weighted by Crippen LogP contribution is 2.59. The maximum atomic E-state index is 13.2. The van der Waals surface area contributed by atoms with E-state index in [-0.39, 0.29) is 44.1 Å². The molecule has 3 aliphatic rings. The molecule has 3 saturated carbocycles. The molecule has 4 rings (SSSR count). The number of hydrogen-bond donors (Lipinski definition) is 1. The minimum Gasteiger partial charge on any atom is -0.347 e. The van der Waals surface area contributed by atoms with Crippen LogP contribution in [0.3, 0.4) is 0 Å². The molecule has 0 saturated heterocycles. The van der Waals surface area contributed by atoms with Crippen LogP contribution in [0.2, 0.25) is 0 Å². The second-order valence-electron chi connectivity index (χ2n) is 7.09. The molecule has 8 heteroatoms. The van der Waals surface area contributed by atoms with Gasteiger partial charge in [-0.3, -0.25) is 4.79 Å². The van der Waals surface area contributed by atoms with Crippen LogP contribution in [0.5, 0.6) is 0 Å². The Morgan fingerprint density at radius 3 is 1.96 bits per heavy atom. The number of carbonyl (C=O) groups is 1. The van der Waals surface area contributed by atoms with Gasteiger partial charge in [0.15, 0.2) is 0 Å². The molecule has 3 aliphatic carbocycles. The van der Waals surface area contributed by atoms with E-state index in [0.29, 0.717) is 0 Å². The average Bonchev–Trinajstić information content (AvgIpc) is 2.54. The minimum absolute atomic E-state index is 0.0562. The Balaban J connectivity index is 1.73. The van der Waals surface area contributed by atoms with E-state index in [4.69, 9.17) is 0 Å². The second-order valence-corrected chi connectivity index (χ2v) is 7.09. The van der Waals surface area contributed by atoms with Gasteiger partial charge >= 0.3 is 12.4 Å². The molecule has 2 nitrogen and oxygen atoms in total. The summed E-state index contributed by atoms with van der Waals surface area (Å²) in [5, 5.41) is 2.71. The zero-order valence-corrected chi connectivity index (χ0v) is 13.2. The lowest BCUT2D eigenvalue weighted by atomic mass is 9.57. The molecule has 0 spiro atoms. The molecule has 1 N–H and O–H groups in total. The summed E-state index contributed by atoms with van der Waals surface area (Å²) in [5.74, 6) is -0.674. The maximum Gasteiger partial charge on any atom is 0.416 e. The minimum atomic E-state index is -4.56. The number of hydrogen-bond acceptors (Lipinski definition) is 1. The van der Waals surface area contributed by atoms with Crippen molar-refractivity contribution in [3.05, 3.63) is 35.4 Å². The van der Waals surface area contributed by atoms with Gasteiger partial charge in [-0.1, -0.05) is 6.07 Å². The fourth-order valence-electron chi connectivity index (χ4n) is 3.95. The molecular weight excluding hydrogens is 348 g/mol. The topological polar surface area (TPSA) is 29.1 Å². The number of amides is 1. The van der Waals surface area contributed by atoms with Gasteiger partial charge in [-0.25, -0.2) is 0 Å². The van der Waals surface area contributed by atoms with Crippen LogP contribution in [0.4, 0.5) is 26.3 Å². The van der Waals surface area contributed by atoms with Gasteiger partial charge in [0, 0.05) is 11.1 Å². The van der Waals surface area contributed by atoms with Crippen LogP contribution in [0.1, 0.15) is 54.4 Å². The van der Waals surface area contributed by atoms with E-state index in [1.165, 1.54) is 6.07 Å². The van der Waals surface area contributed by atoms with Gasteiger partial charge < -0.3 is 5.32 Å². The first kappa shape index (κ1) is 18.1. The van der Waals surface area contributed by atoms with Crippen LogP contribution in [0.15, 0.2) is 24.3 Å². The molecule has 2 bridgehead atoms. The molecule has 0 unspecified atom stereocenters. The summed E-state index contributed by atoms with van der Waals surface area (Å²) in [6, 6.07) is 4.05. The molecule has 3 fully saturated rings. The lowest BCUT2D eigenvalue weighted by molar-refractivity contribution is -0.253. The van der Waals surface area contributed by atoms with Gasteiger partial charge in [-0.2, -0.15) is 26.3 Å². The van der Waals surface area contributed by atoms with E-state index in [0.717, 1.165) is 18.2 Å². The van der Waals surface area contributed by atoms with Crippen LogP contribution in [-0.2, 0) is 6.18 Å². The Labute approximate surface area is 140 Å². The van der Waals surface area contributed by atoms with Crippen molar-refractivity contribution in [1.82, 2.24) is 5.32 Å². The number of carbonyl (C=O) groups excluding carboxylic acids is 1. The van der Waals surface area contributed by atoms with Crippen molar-refractivity contribution in [3.63, 3.8) is 0 Å². The molecule has 0 heterocycles. The maximum absolute atomic E-state index is 13.2. The molecule has 1 aromatic rings. The number of rotatable bonds is 2. The van der Waals surface area contributed by atoms with Crippen molar-refractivity contribution in [2.24, 2.45) is 5.41 Å². The normalized spacial score (nSPS) is 29.5. The van der Waals surface area contributed by atoms with Gasteiger partial charge in [0.05, 0.1) is 11.0 Å². The molecule has 0 atom stereocenters. The third-order valence-corrected chi connectivity index (χ3v) is 5.68. The number of nitrogens with one attached hydrogen (secondary N) is 1. The SMILES string of the molecule is O=C(NC12CCC(C(F)(F)F)(CC1)CC2)c1cccc(C(F)(F)F)c1. The Morgan fingerprint density at radius 2 is 1.48 bits per heavy atom. The molecule has 0 radical (unpaired) electrons. The molecule has 0 aliphatic heterocycles. The van der Waals surface area contributed by atoms with Gasteiger partial charge in [0.2, 0.25) is 0 Å². The van der Waals surface area contributed by atoms with Gasteiger partial charge in [0.1, 0.15) is 0 Å². The van der Waals surface area contributed by atoms with Crippen LogP contribution in [-0.4, -0.2) is 17.6 Å². The molecule has 1 aromatic carbocycles. The smallest absolute Gasteiger partial charge is 0.347 e. The lowest BCUT2D eigenvalue weighted by Gasteiger charge is -2.53. The summed E-state index contributed by atoms with van der Waals surface area (Å²) in [6.07, 6.45) is -8.41. The van der Waals surface area contributed by atoms with E-state index in [1.807, 2.05) is 0 Å². The average molecular weight is 365 g/mol. The van der Waals surface area contributed by atoms with E-state index in [9.17, 15) is 31.1 Å². The zero-order chi connectivity index (χ0) is 18.5. The number of halogens is 6. The summed E-state index contributed by atoms with van der Waals surface area (Å²) in [4.78, 5) is 12.3. The van der Waals surface area contributed by atoms with E-state index in [2.05, 4.69) is 5.32 Å². The third kappa shape index (κ3) is 3.22. The Morgan fingerprint density at radius 1 is 0.920 bits per heavy atom. The highest BCUT2D eigenvalue weighted by atomic mass is 19.4. The van der Waals surface area contributed by atoms with Crippen LogP contribution >= 0.6 is 0 Å². The number of benzene rings is 1. The Hall–Kier alpha value is -1.73. The monoisotopic (exact) mass is 365 g/mol. The second kappa shape index (κ2) is 5.64. The number of fused-ring (bicyclic) bond motifs is 3. The van der Waals surface area contributed by atoms with Crippen molar-refractivity contribution >= 4 is 5.91 Å². The quantitative estimate of drug-likeness (QED) is 0.727. The van der Waals surface area contributed by atoms with Crippen molar-refractivity contribution in [2.75, 3.05) is 0 Å².